The summed E-state index contributed by atoms with van der Waals surface area (Å²) in [6.07, 6.45) is 1.72. The van der Waals surface area contributed by atoms with Crippen LogP contribution in [0.2, 0.25) is 0 Å². The average molecular weight is 236 g/mol. The van der Waals surface area contributed by atoms with E-state index in [0.717, 1.165) is 23.7 Å². The Morgan fingerprint density at radius 1 is 1.56 bits per heavy atom. The van der Waals surface area contributed by atoms with Crippen LogP contribution in [0.4, 0.5) is 0 Å². The Morgan fingerprint density at radius 3 is 3.06 bits per heavy atom. The fourth-order valence-corrected chi connectivity index (χ4v) is 2.15. The number of carbonyl (C=O) groups excluding carboxylic acids is 1. The number of hydrogen-bond donors (Lipinski definition) is 3. The van der Waals surface area contributed by atoms with Gasteiger partial charge in [0.15, 0.2) is 0 Å². The molecule has 6 heteroatoms. The summed E-state index contributed by atoms with van der Waals surface area (Å²) < 4.78 is 0. The van der Waals surface area contributed by atoms with E-state index >= 15 is 0 Å². The fraction of sp³-hybridized carbons (Fsp3) is 0.200. The first-order valence-corrected chi connectivity index (χ1v) is 5.70. The van der Waals surface area contributed by atoms with Crippen molar-refractivity contribution in [1.82, 2.24) is 15.5 Å². The molecule has 84 valence electrons. The van der Waals surface area contributed by atoms with E-state index in [1.165, 1.54) is 11.3 Å². The lowest BCUT2D eigenvalue weighted by molar-refractivity contribution is 0.100. The normalized spacial score (nSPS) is 10.5. The fourth-order valence-electron chi connectivity index (χ4n) is 1.31. The van der Waals surface area contributed by atoms with Gasteiger partial charge in [-0.15, -0.1) is 11.3 Å². The molecule has 0 aliphatic carbocycles. The molecule has 0 fully saturated rings. The zero-order valence-electron chi connectivity index (χ0n) is 8.56. The second-order valence-corrected chi connectivity index (χ2v) is 4.35. The Balaban J connectivity index is 1.83. The lowest BCUT2D eigenvalue weighted by Crippen LogP contribution is -2.12. The van der Waals surface area contributed by atoms with Crippen LogP contribution >= 0.6 is 11.3 Å². The minimum Gasteiger partial charge on any atom is -0.366 e. The maximum atomic E-state index is 10.9. The molecule has 0 aliphatic heterocycles. The quantitative estimate of drug-likeness (QED) is 0.720. The Morgan fingerprint density at radius 2 is 2.44 bits per heavy atom. The molecule has 0 saturated heterocycles. The molecule has 0 aromatic carbocycles. The third-order valence-corrected chi connectivity index (χ3v) is 3.05. The molecule has 0 atom stereocenters. The highest BCUT2D eigenvalue weighted by atomic mass is 32.1. The van der Waals surface area contributed by atoms with Crippen molar-refractivity contribution in [1.29, 1.82) is 0 Å². The molecule has 0 aliphatic rings. The van der Waals surface area contributed by atoms with Gasteiger partial charge >= 0.3 is 0 Å². The van der Waals surface area contributed by atoms with Gasteiger partial charge in [0.2, 0.25) is 5.91 Å². The van der Waals surface area contributed by atoms with Gasteiger partial charge in [0, 0.05) is 35.2 Å². The Hall–Kier alpha value is -1.66. The van der Waals surface area contributed by atoms with E-state index in [0.29, 0.717) is 5.56 Å². The zero-order valence-corrected chi connectivity index (χ0v) is 9.38. The molecule has 2 heterocycles. The van der Waals surface area contributed by atoms with E-state index in [1.54, 1.807) is 11.6 Å². The summed E-state index contributed by atoms with van der Waals surface area (Å²) in [5.74, 6) is -0.379. The predicted molar refractivity (Wildman–Crippen MR) is 62.0 cm³/mol. The van der Waals surface area contributed by atoms with Gasteiger partial charge in [-0.05, 0) is 12.1 Å². The molecule has 0 unspecified atom stereocenters. The molecular weight excluding hydrogens is 224 g/mol. The Kier molecular flexibility index (Phi) is 3.33. The maximum Gasteiger partial charge on any atom is 0.249 e. The van der Waals surface area contributed by atoms with Crippen LogP contribution in [0.3, 0.4) is 0 Å². The van der Waals surface area contributed by atoms with E-state index in [-0.39, 0.29) is 5.91 Å². The monoisotopic (exact) mass is 236 g/mol. The number of H-pyrrole nitrogens is 1. The molecule has 2 rings (SSSR count). The van der Waals surface area contributed by atoms with Crippen LogP contribution in [0.1, 0.15) is 20.9 Å². The topological polar surface area (TPSA) is 83.8 Å². The van der Waals surface area contributed by atoms with Crippen molar-refractivity contribution >= 4 is 17.2 Å². The number of nitrogens with one attached hydrogen (secondary N) is 2. The SMILES string of the molecule is NC(=O)c1csc(CNCc2ccn[nH]2)c1. The van der Waals surface area contributed by atoms with Crippen molar-refractivity contribution in [3.8, 4) is 0 Å². The summed E-state index contributed by atoms with van der Waals surface area (Å²) in [5, 5.41) is 11.7. The van der Waals surface area contributed by atoms with Crippen LogP contribution in [0, 0.1) is 0 Å². The number of amides is 1. The number of nitrogens with two attached hydrogens (primary N) is 1. The van der Waals surface area contributed by atoms with Gasteiger partial charge in [0.05, 0.1) is 5.56 Å². The second-order valence-electron chi connectivity index (χ2n) is 3.35. The molecule has 2 aromatic heterocycles. The second kappa shape index (κ2) is 4.91. The van der Waals surface area contributed by atoms with Crippen LogP contribution in [0.15, 0.2) is 23.7 Å². The van der Waals surface area contributed by atoms with E-state index in [4.69, 9.17) is 5.73 Å². The van der Waals surface area contributed by atoms with Crippen molar-refractivity contribution < 1.29 is 4.79 Å². The molecule has 0 radical (unpaired) electrons. The van der Waals surface area contributed by atoms with Crippen molar-refractivity contribution in [2.75, 3.05) is 0 Å². The van der Waals surface area contributed by atoms with Gasteiger partial charge in [-0.3, -0.25) is 9.89 Å². The first kappa shape index (κ1) is 10.8. The average Bonchev–Trinajstić information content (AvgIpc) is 2.87. The summed E-state index contributed by atoms with van der Waals surface area (Å²) in [5.41, 5.74) is 6.77. The molecule has 0 bridgehead atoms. The highest BCUT2D eigenvalue weighted by molar-refractivity contribution is 7.10. The number of primary amides is 1. The van der Waals surface area contributed by atoms with Crippen LogP contribution in [-0.2, 0) is 13.1 Å². The molecule has 2 aromatic rings. The molecule has 5 nitrogen and oxygen atoms in total. The van der Waals surface area contributed by atoms with E-state index in [2.05, 4.69) is 15.5 Å². The smallest absolute Gasteiger partial charge is 0.249 e. The third kappa shape index (κ3) is 2.68. The van der Waals surface area contributed by atoms with Gasteiger partial charge in [-0.2, -0.15) is 5.10 Å². The van der Waals surface area contributed by atoms with Crippen molar-refractivity contribution in [3.63, 3.8) is 0 Å². The van der Waals surface area contributed by atoms with Crippen LogP contribution < -0.4 is 11.1 Å². The predicted octanol–water partition coefficient (Wildman–Crippen LogP) is 0.860. The molecule has 1 amide bonds. The summed E-state index contributed by atoms with van der Waals surface area (Å²) in [7, 11) is 0. The first-order valence-electron chi connectivity index (χ1n) is 4.82. The summed E-state index contributed by atoms with van der Waals surface area (Å²) >= 11 is 1.53. The lowest BCUT2D eigenvalue weighted by Gasteiger charge is -1.99. The highest BCUT2D eigenvalue weighted by Gasteiger charge is 2.04. The number of hydrogen-bond acceptors (Lipinski definition) is 4. The van der Waals surface area contributed by atoms with Crippen molar-refractivity contribution in [3.05, 3.63) is 39.8 Å². The minimum atomic E-state index is -0.379. The van der Waals surface area contributed by atoms with Gasteiger partial charge in [0.1, 0.15) is 0 Å². The largest absolute Gasteiger partial charge is 0.366 e. The summed E-state index contributed by atoms with van der Waals surface area (Å²) in [6.45, 7) is 1.45. The van der Waals surface area contributed by atoms with Gasteiger partial charge in [0.25, 0.3) is 0 Å². The highest BCUT2D eigenvalue weighted by Crippen LogP contribution is 2.13. The number of carbonyl (C=O) groups is 1. The van der Waals surface area contributed by atoms with Gasteiger partial charge in [-0.25, -0.2) is 0 Å². The molecule has 0 saturated carbocycles. The third-order valence-electron chi connectivity index (χ3n) is 2.11. The Labute approximate surface area is 96.7 Å². The minimum absolute atomic E-state index is 0.379. The molecular formula is C10H12N4OS. The van der Waals surface area contributed by atoms with Crippen LogP contribution in [0.5, 0.6) is 0 Å². The molecule has 4 N–H and O–H groups in total. The van der Waals surface area contributed by atoms with Crippen LogP contribution in [0.25, 0.3) is 0 Å². The maximum absolute atomic E-state index is 10.9. The number of thiophene rings is 1. The van der Waals surface area contributed by atoms with Crippen LogP contribution in [-0.4, -0.2) is 16.1 Å². The Bertz CT molecular complexity index is 463. The van der Waals surface area contributed by atoms with Gasteiger partial charge in [-0.1, -0.05) is 0 Å². The first-order chi connectivity index (χ1) is 7.75. The van der Waals surface area contributed by atoms with E-state index < -0.39 is 0 Å². The summed E-state index contributed by atoms with van der Waals surface area (Å²) in [6, 6.07) is 3.73. The standard InChI is InChI=1S/C10H12N4OS/c11-10(15)7-3-9(16-6-7)5-12-4-8-1-2-13-14-8/h1-3,6,12H,4-5H2,(H2,11,15)(H,13,14). The summed E-state index contributed by atoms with van der Waals surface area (Å²) in [4.78, 5) is 12.0. The molecule has 0 spiro atoms. The number of rotatable bonds is 5. The van der Waals surface area contributed by atoms with Crippen molar-refractivity contribution in [2.24, 2.45) is 5.73 Å². The van der Waals surface area contributed by atoms with Gasteiger partial charge < -0.3 is 11.1 Å². The van der Waals surface area contributed by atoms with Crippen molar-refractivity contribution in [2.45, 2.75) is 13.1 Å². The zero-order chi connectivity index (χ0) is 11.4. The molecule has 16 heavy (non-hydrogen) atoms. The lowest BCUT2D eigenvalue weighted by atomic mass is 10.3. The number of aromatic amines is 1. The number of aromatic nitrogens is 2. The number of nitrogens with zero attached hydrogens (tertiary/aromatic N) is 1. The van der Waals surface area contributed by atoms with E-state index in [1.807, 2.05) is 12.1 Å². The van der Waals surface area contributed by atoms with E-state index in [9.17, 15) is 4.79 Å².